The molecule has 0 aromatic heterocycles. The lowest BCUT2D eigenvalue weighted by Gasteiger charge is -2.34. The smallest absolute Gasteiger partial charge is 0.317 e. The van der Waals surface area contributed by atoms with Crippen LogP contribution in [0.1, 0.15) is 64.4 Å². The van der Waals surface area contributed by atoms with Crippen molar-refractivity contribution in [2.24, 2.45) is 11.8 Å². The Kier molecular flexibility index (Phi) is 6.18. The molecule has 148 valence electrons. The molecule has 0 bridgehead atoms. The van der Waals surface area contributed by atoms with Gasteiger partial charge in [-0.15, -0.1) is 0 Å². The Balaban J connectivity index is 1.61. The molecule has 1 aromatic rings. The average molecular weight is 375 g/mol. The molecule has 2 fully saturated rings. The predicted octanol–water partition coefficient (Wildman–Crippen LogP) is 4.12. The zero-order valence-corrected chi connectivity index (χ0v) is 16.3. The SMILES string of the molecule is C[C@@H]1[C@H](C)CCC[C@H]1NC(=O)COC(=O)C1(c2cccc(F)c2)CCCC1. The average Bonchev–Trinajstić information content (AvgIpc) is 3.15. The number of halogens is 1. The molecule has 2 saturated carbocycles. The summed E-state index contributed by atoms with van der Waals surface area (Å²) in [5.41, 5.74) is -0.171. The molecule has 3 atom stereocenters. The minimum absolute atomic E-state index is 0.142. The van der Waals surface area contributed by atoms with Crippen LogP contribution in [0, 0.1) is 17.7 Å². The third kappa shape index (κ3) is 4.33. The number of hydrogen-bond acceptors (Lipinski definition) is 3. The number of amides is 1. The minimum Gasteiger partial charge on any atom is -0.455 e. The van der Waals surface area contributed by atoms with E-state index in [1.807, 2.05) is 0 Å². The lowest BCUT2D eigenvalue weighted by Crippen LogP contribution is -2.46. The van der Waals surface area contributed by atoms with Gasteiger partial charge in [-0.3, -0.25) is 9.59 Å². The number of ether oxygens (including phenoxy) is 1. The summed E-state index contributed by atoms with van der Waals surface area (Å²) in [5, 5.41) is 3.03. The highest BCUT2D eigenvalue weighted by Gasteiger charge is 2.44. The van der Waals surface area contributed by atoms with E-state index in [1.165, 1.54) is 18.6 Å². The number of carbonyl (C=O) groups excluding carboxylic acids is 2. The Hall–Kier alpha value is -1.91. The maximum absolute atomic E-state index is 13.7. The first-order valence-electron chi connectivity index (χ1n) is 10.1. The fourth-order valence-corrected chi connectivity index (χ4v) is 4.68. The zero-order chi connectivity index (χ0) is 19.4. The summed E-state index contributed by atoms with van der Waals surface area (Å²) >= 11 is 0. The highest BCUT2D eigenvalue weighted by Crippen LogP contribution is 2.42. The molecule has 1 N–H and O–H groups in total. The Morgan fingerprint density at radius 1 is 1.19 bits per heavy atom. The topological polar surface area (TPSA) is 55.4 Å². The first kappa shape index (κ1) is 19.8. The Bertz CT molecular complexity index is 684. The molecule has 2 aliphatic carbocycles. The van der Waals surface area contributed by atoms with E-state index < -0.39 is 11.4 Å². The number of rotatable bonds is 5. The zero-order valence-electron chi connectivity index (χ0n) is 16.3. The van der Waals surface area contributed by atoms with Gasteiger partial charge in [0.2, 0.25) is 0 Å². The molecule has 5 heteroatoms. The van der Waals surface area contributed by atoms with Crippen molar-refractivity contribution in [1.29, 1.82) is 0 Å². The first-order chi connectivity index (χ1) is 12.9. The molecule has 27 heavy (non-hydrogen) atoms. The van der Waals surface area contributed by atoms with Crippen molar-refractivity contribution in [3.05, 3.63) is 35.6 Å². The highest BCUT2D eigenvalue weighted by molar-refractivity contribution is 5.86. The van der Waals surface area contributed by atoms with Gasteiger partial charge in [0.25, 0.3) is 5.91 Å². The summed E-state index contributed by atoms with van der Waals surface area (Å²) in [4.78, 5) is 25.2. The number of carbonyl (C=O) groups is 2. The summed E-state index contributed by atoms with van der Waals surface area (Å²) in [6.07, 6.45) is 6.34. The van der Waals surface area contributed by atoms with E-state index >= 15 is 0 Å². The van der Waals surface area contributed by atoms with E-state index in [2.05, 4.69) is 19.2 Å². The quantitative estimate of drug-likeness (QED) is 0.788. The maximum Gasteiger partial charge on any atom is 0.317 e. The monoisotopic (exact) mass is 375 g/mol. The van der Waals surface area contributed by atoms with Gasteiger partial charge in [-0.1, -0.05) is 51.7 Å². The van der Waals surface area contributed by atoms with Crippen LogP contribution in [0.2, 0.25) is 0 Å². The van der Waals surface area contributed by atoms with Crippen LogP contribution in [-0.2, 0) is 19.7 Å². The van der Waals surface area contributed by atoms with Crippen molar-refractivity contribution in [1.82, 2.24) is 5.32 Å². The van der Waals surface area contributed by atoms with Crippen LogP contribution >= 0.6 is 0 Å². The van der Waals surface area contributed by atoms with Gasteiger partial charge in [-0.05, 0) is 48.8 Å². The minimum atomic E-state index is -0.824. The van der Waals surface area contributed by atoms with E-state index in [0.717, 1.165) is 25.7 Å². The molecule has 0 spiro atoms. The second kappa shape index (κ2) is 8.41. The van der Waals surface area contributed by atoms with Crippen LogP contribution < -0.4 is 5.32 Å². The lowest BCUT2D eigenvalue weighted by molar-refractivity contribution is -0.154. The molecule has 0 aliphatic heterocycles. The van der Waals surface area contributed by atoms with Crippen molar-refractivity contribution in [3.63, 3.8) is 0 Å². The largest absolute Gasteiger partial charge is 0.455 e. The molecule has 0 radical (unpaired) electrons. The molecule has 1 amide bonds. The van der Waals surface area contributed by atoms with Gasteiger partial charge < -0.3 is 10.1 Å². The van der Waals surface area contributed by atoms with Crippen LogP contribution in [0.4, 0.5) is 4.39 Å². The standard InChI is InChI=1S/C22H30FNO3/c1-15-7-5-10-19(16(15)2)24-20(25)14-27-21(26)22(11-3-4-12-22)17-8-6-9-18(23)13-17/h6,8-9,13,15-16,19H,3-5,7,10-12,14H2,1-2H3,(H,24,25)/t15-,16-,19-/m1/s1. The van der Waals surface area contributed by atoms with Gasteiger partial charge in [0.1, 0.15) is 5.82 Å². The van der Waals surface area contributed by atoms with Crippen molar-refractivity contribution in [2.75, 3.05) is 6.61 Å². The van der Waals surface area contributed by atoms with Crippen molar-refractivity contribution >= 4 is 11.9 Å². The van der Waals surface area contributed by atoms with Crippen molar-refractivity contribution in [2.45, 2.75) is 70.3 Å². The van der Waals surface area contributed by atoms with E-state index in [1.54, 1.807) is 12.1 Å². The summed E-state index contributed by atoms with van der Waals surface area (Å²) in [6, 6.07) is 6.33. The summed E-state index contributed by atoms with van der Waals surface area (Å²) in [5.74, 6) is -0.00886. The lowest BCUT2D eigenvalue weighted by atomic mass is 9.78. The first-order valence-corrected chi connectivity index (χ1v) is 10.1. The van der Waals surface area contributed by atoms with Gasteiger partial charge in [0, 0.05) is 6.04 Å². The molecule has 2 aliphatic rings. The molecule has 0 heterocycles. The van der Waals surface area contributed by atoms with E-state index in [9.17, 15) is 14.0 Å². The fraction of sp³-hybridized carbons (Fsp3) is 0.636. The normalized spacial score (nSPS) is 27.1. The number of esters is 1. The van der Waals surface area contributed by atoms with Gasteiger partial charge >= 0.3 is 5.97 Å². The van der Waals surface area contributed by atoms with Crippen molar-refractivity contribution in [3.8, 4) is 0 Å². The van der Waals surface area contributed by atoms with Crippen molar-refractivity contribution < 1.29 is 18.7 Å². The fourth-order valence-electron chi connectivity index (χ4n) is 4.68. The van der Waals surface area contributed by atoms with Gasteiger partial charge in [-0.25, -0.2) is 4.39 Å². The second-order valence-electron chi connectivity index (χ2n) is 8.32. The van der Waals surface area contributed by atoms with Gasteiger partial charge in [-0.2, -0.15) is 0 Å². The molecule has 4 nitrogen and oxygen atoms in total. The Labute approximate surface area is 160 Å². The molecule has 1 aromatic carbocycles. The van der Waals surface area contributed by atoms with Crippen LogP contribution in [0.5, 0.6) is 0 Å². The summed E-state index contributed by atoms with van der Waals surface area (Å²) in [7, 11) is 0. The number of hydrogen-bond donors (Lipinski definition) is 1. The van der Waals surface area contributed by atoms with Gasteiger partial charge in [0.15, 0.2) is 6.61 Å². The number of nitrogens with one attached hydrogen (secondary N) is 1. The maximum atomic E-state index is 13.7. The summed E-state index contributed by atoms with van der Waals surface area (Å²) < 4.78 is 19.1. The van der Waals surface area contributed by atoms with Crippen LogP contribution in [0.25, 0.3) is 0 Å². The second-order valence-corrected chi connectivity index (χ2v) is 8.32. The van der Waals surface area contributed by atoms with Gasteiger partial charge in [0.05, 0.1) is 5.41 Å². The molecular weight excluding hydrogens is 345 g/mol. The predicted molar refractivity (Wildman–Crippen MR) is 102 cm³/mol. The third-order valence-corrected chi connectivity index (χ3v) is 6.61. The summed E-state index contributed by atoms with van der Waals surface area (Å²) in [6.45, 7) is 4.11. The highest BCUT2D eigenvalue weighted by atomic mass is 19.1. The molecule has 3 rings (SSSR count). The van der Waals surface area contributed by atoms with E-state index in [4.69, 9.17) is 4.74 Å². The Morgan fingerprint density at radius 3 is 2.63 bits per heavy atom. The molecular formula is C22H30FNO3. The number of benzene rings is 1. The van der Waals surface area contributed by atoms with Crippen LogP contribution in [-0.4, -0.2) is 24.5 Å². The van der Waals surface area contributed by atoms with Crippen LogP contribution in [0.3, 0.4) is 0 Å². The molecule has 0 saturated heterocycles. The Morgan fingerprint density at radius 2 is 1.93 bits per heavy atom. The molecule has 0 unspecified atom stereocenters. The van der Waals surface area contributed by atoms with E-state index in [0.29, 0.717) is 30.2 Å². The van der Waals surface area contributed by atoms with Crippen LogP contribution in [0.15, 0.2) is 24.3 Å². The third-order valence-electron chi connectivity index (χ3n) is 6.61. The van der Waals surface area contributed by atoms with E-state index in [-0.39, 0.29) is 24.4 Å².